The Hall–Kier alpha value is -3.35. The van der Waals surface area contributed by atoms with Gasteiger partial charge < -0.3 is 18.7 Å². The Kier molecular flexibility index (Phi) is 3.81. The number of benzene rings is 2. The number of carbonyl (C=O) groups excluding carboxylic acids is 1. The lowest BCUT2D eigenvalue weighted by molar-refractivity contribution is 0.0717. The van der Waals surface area contributed by atoms with E-state index in [1.807, 2.05) is 0 Å². The first kappa shape index (κ1) is 15.2. The van der Waals surface area contributed by atoms with Crippen LogP contribution in [0, 0.1) is 5.82 Å². The van der Waals surface area contributed by atoms with Crippen molar-refractivity contribution in [3.8, 4) is 28.6 Å². The highest BCUT2D eigenvalue weighted by Gasteiger charge is 2.19. The van der Waals surface area contributed by atoms with E-state index in [1.165, 1.54) is 24.3 Å². The van der Waals surface area contributed by atoms with Crippen LogP contribution < -0.4 is 14.2 Å². The van der Waals surface area contributed by atoms with Crippen LogP contribution in [0.2, 0.25) is 0 Å². The highest BCUT2D eigenvalue weighted by molar-refractivity contribution is 5.90. The molecule has 0 fully saturated rings. The Labute approximate surface area is 141 Å². The van der Waals surface area contributed by atoms with Gasteiger partial charge in [-0.15, -0.1) is 0 Å². The number of rotatable bonds is 3. The van der Waals surface area contributed by atoms with E-state index in [0.717, 1.165) is 0 Å². The number of fused-ring (bicyclic) bond motifs is 1. The van der Waals surface area contributed by atoms with E-state index in [1.54, 1.807) is 24.3 Å². The van der Waals surface area contributed by atoms with Gasteiger partial charge in [-0.25, -0.2) is 9.18 Å². The predicted molar refractivity (Wildman–Crippen MR) is 84.3 cm³/mol. The van der Waals surface area contributed by atoms with Crippen molar-refractivity contribution < 1.29 is 27.9 Å². The van der Waals surface area contributed by atoms with Gasteiger partial charge in [-0.1, -0.05) is 17.3 Å². The lowest BCUT2D eigenvalue weighted by Gasteiger charge is -2.18. The number of hydrogen-bond acceptors (Lipinski definition) is 6. The van der Waals surface area contributed by atoms with Crippen molar-refractivity contribution in [1.29, 1.82) is 0 Å². The van der Waals surface area contributed by atoms with E-state index >= 15 is 0 Å². The molecule has 4 rings (SSSR count). The molecule has 0 saturated carbocycles. The molecule has 7 heteroatoms. The fraction of sp³-hybridized carbons (Fsp3) is 0.111. The summed E-state index contributed by atoms with van der Waals surface area (Å²) in [4.78, 5) is 12.1. The van der Waals surface area contributed by atoms with Gasteiger partial charge in [0.25, 0.3) is 0 Å². The second-order valence-corrected chi connectivity index (χ2v) is 5.25. The number of halogens is 1. The van der Waals surface area contributed by atoms with E-state index in [2.05, 4.69) is 5.16 Å². The molecule has 0 spiro atoms. The molecule has 0 bridgehead atoms. The first-order valence-electron chi connectivity index (χ1n) is 7.54. The van der Waals surface area contributed by atoms with Gasteiger partial charge in [0.1, 0.15) is 13.2 Å². The fourth-order valence-corrected chi connectivity index (χ4v) is 2.38. The molecule has 0 N–H and O–H groups in total. The summed E-state index contributed by atoms with van der Waals surface area (Å²) in [6, 6.07) is 12.3. The van der Waals surface area contributed by atoms with Crippen LogP contribution in [0.1, 0.15) is 10.5 Å². The maximum Gasteiger partial charge on any atom is 0.366 e. The SMILES string of the molecule is O=C(Oc1ccccc1F)c1cc(-c2ccc3c(c2)OCCO3)on1. The number of carbonyl (C=O) groups is 1. The minimum Gasteiger partial charge on any atom is -0.486 e. The predicted octanol–water partition coefficient (Wildman–Crippen LogP) is 3.47. The lowest BCUT2D eigenvalue weighted by atomic mass is 10.1. The van der Waals surface area contributed by atoms with Crippen LogP contribution in [0.5, 0.6) is 17.2 Å². The molecule has 2 heterocycles. The average Bonchev–Trinajstić information content (AvgIpc) is 3.13. The second-order valence-electron chi connectivity index (χ2n) is 5.25. The van der Waals surface area contributed by atoms with Crippen LogP contribution in [0.4, 0.5) is 4.39 Å². The zero-order valence-electron chi connectivity index (χ0n) is 12.9. The molecule has 1 aliphatic heterocycles. The van der Waals surface area contributed by atoms with E-state index < -0.39 is 11.8 Å². The summed E-state index contributed by atoms with van der Waals surface area (Å²) in [5, 5.41) is 3.69. The number of hydrogen-bond donors (Lipinski definition) is 0. The number of ether oxygens (including phenoxy) is 3. The average molecular weight is 341 g/mol. The molecule has 0 aliphatic carbocycles. The molecule has 0 atom stereocenters. The standard InChI is InChI=1S/C18H12FNO5/c19-12-3-1-2-4-14(12)24-18(21)13-10-16(25-20-13)11-5-6-15-17(9-11)23-8-7-22-15/h1-6,9-10H,7-8H2. The molecule has 25 heavy (non-hydrogen) atoms. The lowest BCUT2D eigenvalue weighted by Crippen LogP contribution is -2.15. The maximum absolute atomic E-state index is 13.5. The minimum atomic E-state index is -0.808. The smallest absolute Gasteiger partial charge is 0.366 e. The van der Waals surface area contributed by atoms with Crippen molar-refractivity contribution in [2.24, 2.45) is 0 Å². The molecular formula is C18H12FNO5. The van der Waals surface area contributed by atoms with Gasteiger partial charge in [0.2, 0.25) is 0 Å². The summed E-state index contributed by atoms with van der Waals surface area (Å²) < 4.78 is 34.7. The van der Waals surface area contributed by atoms with Gasteiger partial charge in [-0.3, -0.25) is 0 Å². The molecule has 0 radical (unpaired) electrons. The van der Waals surface area contributed by atoms with Crippen molar-refractivity contribution in [3.63, 3.8) is 0 Å². The quantitative estimate of drug-likeness (QED) is 0.537. The molecule has 2 aromatic carbocycles. The Balaban J connectivity index is 1.56. The summed E-state index contributed by atoms with van der Waals surface area (Å²) in [5.74, 6) is -0.0118. The van der Waals surface area contributed by atoms with Gasteiger partial charge in [0.15, 0.2) is 34.5 Å². The van der Waals surface area contributed by atoms with Crippen molar-refractivity contribution >= 4 is 5.97 Å². The van der Waals surface area contributed by atoms with Gasteiger partial charge >= 0.3 is 5.97 Å². The van der Waals surface area contributed by atoms with Crippen molar-refractivity contribution in [2.45, 2.75) is 0 Å². The molecule has 126 valence electrons. The molecule has 0 amide bonds. The molecule has 6 nitrogen and oxygen atoms in total. The topological polar surface area (TPSA) is 70.8 Å². The van der Waals surface area contributed by atoms with Gasteiger partial charge in [0, 0.05) is 11.6 Å². The Morgan fingerprint density at radius 2 is 1.84 bits per heavy atom. The monoisotopic (exact) mass is 341 g/mol. The highest BCUT2D eigenvalue weighted by Crippen LogP contribution is 2.34. The van der Waals surface area contributed by atoms with Crippen LogP contribution in [0.3, 0.4) is 0 Å². The molecule has 0 saturated heterocycles. The highest BCUT2D eigenvalue weighted by atomic mass is 19.1. The van der Waals surface area contributed by atoms with Crippen LogP contribution in [-0.2, 0) is 0 Å². The van der Waals surface area contributed by atoms with E-state index in [9.17, 15) is 9.18 Å². The summed E-state index contributed by atoms with van der Waals surface area (Å²) in [5.41, 5.74) is 0.606. The molecule has 1 aliphatic rings. The third-order valence-corrected chi connectivity index (χ3v) is 3.59. The Morgan fingerprint density at radius 3 is 2.68 bits per heavy atom. The first-order chi connectivity index (χ1) is 12.2. The third-order valence-electron chi connectivity index (χ3n) is 3.59. The van der Waals surface area contributed by atoms with Crippen LogP contribution >= 0.6 is 0 Å². The number of nitrogens with zero attached hydrogens (tertiary/aromatic N) is 1. The van der Waals surface area contributed by atoms with Crippen molar-refractivity contribution in [1.82, 2.24) is 5.16 Å². The maximum atomic E-state index is 13.5. The number of aromatic nitrogens is 1. The van der Waals surface area contributed by atoms with Gasteiger partial charge in [0.05, 0.1) is 0 Å². The molecule has 3 aromatic rings. The zero-order valence-corrected chi connectivity index (χ0v) is 12.9. The first-order valence-corrected chi connectivity index (χ1v) is 7.54. The normalized spacial score (nSPS) is 12.7. The minimum absolute atomic E-state index is 0.0619. The summed E-state index contributed by atoms with van der Waals surface area (Å²) >= 11 is 0. The Morgan fingerprint density at radius 1 is 1.04 bits per heavy atom. The molecule has 1 aromatic heterocycles. The van der Waals surface area contributed by atoms with Gasteiger partial charge in [-0.05, 0) is 30.3 Å². The Bertz CT molecular complexity index is 937. The van der Waals surface area contributed by atoms with Crippen LogP contribution in [0.15, 0.2) is 53.1 Å². The van der Waals surface area contributed by atoms with E-state index in [0.29, 0.717) is 36.0 Å². The van der Waals surface area contributed by atoms with Crippen molar-refractivity contribution in [3.05, 3.63) is 60.0 Å². The van der Waals surface area contributed by atoms with Crippen LogP contribution in [0.25, 0.3) is 11.3 Å². The van der Waals surface area contributed by atoms with E-state index in [-0.39, 0.29) is 11.4 Å². The zero-order chi connectivity index (χ0) is 17.2. The largest absolute Gasteiger partial charge is 0.486 e. The number of para-hydroxylation sites is 1. The summed E-state index contributed by atoms with van der Waals surface area (Å²) in [6.07, 6.45) is 0. The van der Waals surface area contributed by atoms with Crippen LogP contribution in [-0.4, -0.2) is 24.3 Å². The summed E-state index contributed by atoms with van der Waals surface area (Å²) in [7, 11) is 0. The van der Waals surface area contributed by atoms with Crippen molar-refractivity contribution in [2.75, 3.05) is 13.2 Å². The summed E-state index contributed by atoms with van der Waals surface area (Å²) in [6.45, 7) is 0.966. The number of esters is 1. The van der Waals surface area contributed by atoms with Gasteiger partial charge in [-0.2, -0.15) is 0 Å². The fourth-order valence-electron chi connectivity index (χ4n) is 2.38. The molecule has 0 unspecified atom stereocenters. The second kappa shape index (κ2) is 6.27. The van der Waals surface area contributed by atoms with E-state index in [4.69, 9.17) is 18.7 Å². The third kappa shape index (κ3) is 3.03. The molecular weight excluding hydrogens is 329 g/mol.